The minimum absolute atomic E-state index is 0.0703. The van der Waals surface area contributed by atoms with Gasteiger partial charge >= 0.3 is 0 Å². The predicted molar refractivity (Wildman–Crippen MR) is 92.6 cm³/mol. The van der Waals surface area contributed by atoms with Gasteiger partial charge in [-0.3, -0.25) is 4.79 Å². The van der Waals surface area contributed by atoms with Crippen LogP contribution in [0.15, 0.2) is 56.7 Å². The van der Waals surface area contributed by atoms with E-state index in [1.54, 1.807) is 11.3 Å². The number of hydrogen-bond acceptors (Lipinski definition) is 4. The Morgan fingerprint density at radius 1 is 1.29 bits per heavy atom. The van der Waals surface area contributed by atoms with Crippen molar-refractivity contribution in [1.29, 1.82) is 0 Å². The molecular formula is C18H17BrN2O3. The highest BCUT2D eigenvalue weighted by molar-refractivity contribution is 9.10. The number of hydrogen-bond donors (Lipinski definition) is 0. The second-order valence-electron chi connectivity index (χ2n) is 5.98. The fourth-order valence-corrected chi connectivity index (χ4v) is 3.62. The predicted octanol–water partition coefficient (Wildman–Crippen LogP) is 3.90. The number of furan rings is 1. The number of halogens is 1. The highest BCUT2D eigenvalue weighted by atomic mass is 79.9. The van der Waals surface area contributed by atoms with Crippen LogP contribution in [-0.2, 0) is 9.53 Å². The first-order valence-corrected chi connectivity index (χ1v) is 8.83. The third-order valence-corrected chi connectivity index (χ3v) is 4.87. The lowest BCUT2D eigenvalue weighted by atomic mass is 10.0. The van der Waals surface area contributed by atoms with Gasteiger partial charge in [-0.25, -0.2) is 5.01 Å². The minimum Gasteiger partial charge on any atom is -0.463 e. The SMILES string of the molecule is O=C([C@@H]1CCCO1)N1N=C(c2ccco2)C[C@H]1c1cccc(Br)c1. The van der Waals surface area contributed by atoms with Crippen molar-refractivity contribution in [3.05, 3.63) is 58.5 Å². The number of amides is 1. The second-order valence-corrected chi connectivity index (χ2v) is 6.90. The zero-order valence-electron chi connectivity index (χ0n) is 13.0. The normalized spacial score (nSPS) is 23.5. The summed E-state index contributed by atoms with van der Waals surface area (Å²) in [4.78, 5) is 12.9. The lowest BCUT2D eigenvalue weighted by Gasteiger charge is -2.24. The summed E-state index contributed by atoms with van der Waals surface area (Å²) in [6.45, 7) is 0.639. The third kappa shape index (κ3) is 2.91. The number of ether oxygens (including phenoxy) is 1. The molecule has 0 radical (unpaired) electrons. The maximum Gasteiger partial charge on any atom is 0.272 e. The number of rotatable bonds is 3. The Kier molecular flexibility index (Phi) is 4.24. The summed E-state index contributed by atoms with van der Waals surface area (Å²) in [6.07, 6.45) is 3.53. The van der Waals surface area contributed by atoms with Crippen molar-refractivity contribution in [3.63, 3.8) is 0 Å². The van der Waals surface area contributed by atoms with Crippen molar-refractivity contribution in [2.45, 2.75) is 31.4 Å². The fourth-order valence-electron chi connectivity index (χ4n) is 3.20. The number of carbonyl (C=O) groups excluding carboxylic acids is 1. The first kappa shape index (κ1) is 15.6. The number of carbonyl (C=O) groups is 1. The van der Waals surface area contributed by atoms with Gasteiger partial charge in [0.25, 0.3) is 5.91 Å². The molecule has 5 nitrogen and oxygen atoms in total. The van der Waals surface area contributed by atoms with Crippen LogP contribution < -0.4 is 0 Å². The van der Waals surface area contributed by atoms with E-state index in [-0.39, 0.29) is 18.1 Å². The van der Waals surface area contributed by atoms with Crippen molar-refractivity contribution < 1.29 is 13.9 Å². The van der Waals surface area contributed by atoms with Crippen LogP contribution >= 0.6 is 15.9 Å². The molecule has 1 fully saturated rings. The Morgan fingerprint density at radius 2 is 2.21 bits per heavy atom. The number of hydrazone groups is 1. The molecule has 1 amide bonds. The zero-order chi connectivity index (χ0) is 16.5. The summed E-state index contributed by atoms with van der Waals surface area (Å²) in [5, 5.41) is 6.15. The topological polar surface area (TPSA) is 55.0 Å². The molecule has 2 aliphatic heterocycles. The number of nitrogens with zero attached hydrogens (tertiary/aromatic N) is 2. The van der Waals surface area contributed by atoms with E-state index in [0.717, 1.165) is 28.6 Å². The van der Waals surface area contributed by atoms with Crippen LogP contribution in [0, 0.1) is 0 Å². The van der Waals surface area contributed by atoms with E-state index >= 15 is 0 Å². The Bertz CT molecular complexity index is 766. The molecule has 3 heterocycles. The summed E-state index contributed by atoms with van der Waals surface area (Å²) >= 11 is 3.50. The van der Waals surface area contributed by atoms with E-state index < -0.39 is 0 Å². The Morgan fingerprint density at radius 3 is 2.92 bits per heavy atom. The van der Waals surface area contributed by atoms with Gasteiger partial charge in [-0.05, 0) is 42.7 Å². The average molecular weight is 389 g/mol. The van der Waals surface area contributed by atoms with E-state index in [2.05, 4.69) is 21.0 Å². The van der Waals surface area contributed by atoms with Crippen LogP contribution in [0.2, 0.25) is 0 Å². The monoisotopic (exact) mass is 388 g/mol. The van der Waals surface area contributed by atoms with Gasteiger partial charge in [-0.15, -0.1) is 0 Å². The first-order valence-electron chi connectivity index (χ1n) is 8.04. The van der Waals surface area contributed by atoms with Crippen molar-refractivity contribution in [1.82, 2.24) is 5.01 Å². The Hall–Kier alpha value is -1.92. The van der Waals surface area contributed by atoms with Gasteiger partial charge in [-0.2, -0.15) is 5.10 Å². The molecule has 0 bridgehead atoms. The highest BCUT2D eigenvalue weighted by Crippen LogP contribution is 2.35. The maximum atomic E-state index is 12.9. The molecule has 24 heavy (non-hydrogen) atoms. The molecule has 6 heteroatoms. The third-order valence-electron chi connectivity index (χ3n) is 4.38. The fraction of sp³-hybridized carbons (Fsp3) is 0.333. The molecule has 0 saturated carbocycles. The molecule has 2 atom stereocenters. The van der Waals surface area contributed by atoms with Crippen LogP contribution in [0.5, 0.6) is 0 Å². The maximum absolute atomic E-state index is 12.9. The van der Waals surface area contributed by atoms with Gasteiger partial charge in [0, 0.05) is 17.5 Å². The molecule has 0 unspecified atom stereocenters. The van der Waals surface area contributed by atoms with E-state index in [9.17, 15) is 4.79 Å². The molecule has 124 valence electrons. The summed E-state index contributed by atoms with van der Waals surface area (Å²) in [5.74, 6) is 0.636. The molecule has 1 saturated heterocycles. The van der Waals surface area contributed by atoms with Gasteiger partial charge in [0.1, 0.15) is 17.6 Å². The largest absolute Gasteiger partial charge is 0.463 e. The van der Waals surface area contributed by atoms with Crippen molar-refractivity contribution in [2.24, 2.45) is 5.10 Å². The van der Waals surface area contributed by atoms with E-state index in [0.29, 0.717) is 18.8 Å². The molecule has 2 aromatic rings. The van der Waals surface area contributed by atoms with Gasteiger partial charge < -0.3 is 9.15 Å². The standard InChI is InChI=1S/C18H17BrN2O3/c19-13-5-1-4-12(10-13)15-11-14(16-6-2-8-23-16)20-21(15)18(22)17-7-3-9-24-17/h1-2,4-6,8,10,15,17H,3,7,9,11H2/t15-,17-/m0/s1. The Labute approximate surface area is 148 Å². The van der Waals surface area contributed by atoms with Gasteiger partial charge in [0.15, 0.2) is 0 Å². The van der Waals surface area contributed by atoms with Crippen LogP contribution in [0.3, 0.4) is 0 Å². The Balaban J connectivity index is 1.67. The lowest BCUT2D eigenvalue weighted by molar-refractivity contribution is -0.142. The molecule has 0 N–H and O–H groups in total. The van der Waals surface area contributed by atoms with Crippen LogP contribution in [-0.4, -0.2) is 29.3 Å². The van der Waals surface area contributed by atoms with Gasteiger partial charge in [0.05, 0.1) is 12.3 Å². The lowest BCUT2D eigenvalue weighted by Crippen LogP contribution is -2.35. The van der Waals surface area contributed by atoms with Crippen molar-refractivity contribution in [3.8, 4) is 0 Å². The smallest absolute Gasteiger partial charge is 0.272 e. The minimum atomic E-state index is -0.389. The summed E-state index contributed by atoms with van der Waals surface area (Å²) in [7, 11) is 0. The van der Waals surface area contributed by atoms with Gasteiger partial charge in [-0.1, -0.05) is 28.1 Å². The average Bonchev–Trinajstić information content (AvgIpc) is 3.34. The van der Waals surface area contributed by atoms with Crippen LogP contribution in [0.25, 0.3) is 0 Å². The van der Waals surface area contributed by atoms with Gasteiger partial charge in [0.2, 0.25) is 0 Å². The molecule has 0 spiro atoms. The molecule has 2 aliphatic rings. The molecule has 4 rings (SSSR count). The van der Waals surface area contributed by atoms with Crippen molar-refractivity contribution >= 4 is 27.5 Å². The van der Waals surface area contributed by atoms with E-state index in [4.69, 9.17) is 9.15 Å². The first-order chi connectivity index (χ1) is 11.7. The number of benzene rings is 1. The van der Waals surface area contributed by atoms with E-state index in [1.807, 2.05) is 36.4 Å². The van der Waals surface area contributed by atoms with Crippen LogP contribution in [0.1, 0.15) is 36.6 Å². The molecule has 1 aromatic carbocycles. The summed E-state index contributed by atoms with van der Waals surface area (Å²) in [5.41, 5.74) is 1.83. The second kappa shape index (κ2) is 6.53. The zero-order valence-corrected chi connectivity index (χ0v) is 14.6. The molecule has 1 aromatic heterocycles. The van der Waals surface area contributed by atoms with E-state index in [1.165, 1.54) is 0 Å². The summed E-state index contributed by atoms with van der Waals surface area (Å²) in [6, 6.07) is 11.6. The quantitative estimate of drug-likeness (QED) is 0.800. The molecular weight excluding hydrogens is 372 g/mol. The highest BCUT2D eigenvalue weighted by Gasteiger charge is 2.38. The summed E-state index contributed by atoms with van der Waals surface area (Å²) < 4.78 is 12.0. The van der Waals surface area contributed by atoms with Crippen LogP contribution in [0.4, 0.5) is 0 Å². The van der Waals surface area contributed by atoms with Crippen molar-refractivity contribution in [2.75, 3.05) is 6.61 Å². The molecule has 0 aliphatic carbocycles.